The first-order valence-electron chi connectivity index (χ1n) is 12.2. The lowest BCUT2D eigenvalue weighted by atomic mass is 10.1. The van der Waals surface area contributed by atoms with Gasteiger partial charge in [0.25, 0.3) is 0 Å². The van der Waals surface area contributed by atoms with Gasteiger partial charge in [0.15, 0.2) is 11.5 Å². The van der Waals surface area contributed by atoms with Crippen molar-refractivity contribution in [3.8, 4) is 17.2 Å². The number of carbonyl (C=O) groups excluding carboxylic acids is 1. The van der Waals surface area contributed by atoms with Gasteiger partial charge in [-0.2, -0.15) is 4.37 Å². The van der Waals surface area contributed by atoms with Crippen molar-refractivity contribution in [2.45, 2.75) is 39.0 Å². The van der Waals surface area contributed by atoms with Crippen LogP contribution in [0.1, 0.15) is 43.1 Å². The van der Waals surface area contributed by atoms with E-state index in [1.807, 2.05) is 42.5 Å². The Bertz CT molecular complexity index is 1100. The summed E-state index contributed by atoms with van der Waals surface area (Å²) in [5, 5.41) is 3.89. The average molecular weight is 513 g/mol. The molecule has 194 valence electrons. The zero-order chi connectivity index (χ0) is 25.8. The van der Waals surface area contributed by atoms with Crippen LogP contribution in [0.3, 0.4) is 0 Å². The molecule has 8 nitrogen and oxygen atoms in total. The summed E-state index contributed by atoms with van der Waals surface area (Å²) in [5.41, 5.74) is 2.18. The van der Waals surface area contributed by atoms with E-state index in [2.05, 4.69) is 21.5 Å². The van der Waals surface area contributed by atoms with Gasteiger partial charge in [0.1, 0.15) is 11.6 Å². The Morgan fingerprint density at radius 3 is 2.58 bits per heavy atom. The molecule has 0 aliphatic carbocycles. The van der Waals surface area contributed by atoms with Crippen LogP contribution in [0, 0.1) is 0 Å². The number of aromatic nitrogens is 2. The highest BCUT2D eigenvalue weighted by molar-refractivity contribution is 7.09. The van der Waals surface area contributed by atoms with Gasteiger partial charge in [-0.25, -0.2) is 4.98 Å². The SMILES string of the molecule is CCCCN(CCC(=O)NCCc1ccc(OC)c(OC)c1)c1nc(Cc2cccc(OC)c2)ns1. The molecule has 0 aliphatic rings. The Balaban J connectivity index is 1.51. The fraction of sp³-hybridized carbons (Fsp3) is 0.444. The fourth-order valence-electron chi connectivity index (χ4n) is 3.77. The summed E-state index contributed by atoms with van der Waals surface area (Å²) in [6, 6.07) is 13.8. The zero-order valence-electron chi connectivity index (χ0n) is 21.6. The number of nitrogens with one attached hydrogen (secondary N) is 1. The number of methoxy groups -OCH3 is 3. The van der Waals surface area contributed by atoms with Crippen LogP contribution >= 0.6 is 11.5 Å². The average Bonchev–Trinajstić information content (AvgIpc) is 3.36. The van der Waals surface area contributed by atoms with E-state index in [9.17, 15) is 4.79 Å². The van der Waals surface area contributed by atoms with Crippen molar-refractivity contribution in [2.75, 3.05) is 45.9 Å². The number of benzene rings is 2. The van der Waals surface area contributed by atoms with Crippen LogP contribution in [0.4, 0.5) is 5.13 Å². The molecule has 9 heteroatoms. The highest BCUT2D eigenvalue weighted by Crippen LogP contribution is 2.27. The van der Waals surface area contributed by atoms with E-state index in [1.165, 1.54) is 11.5 Å². The van der Waals surface area contributed by atoms with Crippen molar-refractivity contribution in [2.24, 2.45) is 0 Å². The molecule has 36 heavy (non-hydrogen) atoms. The van der Waals surface area contributed by atoms with Gasteiger partial charge in [-0.15, -0.1) is 0 Å². The van der Waals surface area contributed by atoms with Crippen LogP contribution in [0.5, 0.6) is 17.2 Å². The van der Waals surface area contributed by atoms with E-state index in [1.54, 1.807) is 21.3 Å². The lowest BCUT2D eigenvalue weighted by Gasteiger charge is -2.20. The molecule has 0 aliphatic heterocycles. The summed E-state index contributed by atoms with van der Waals surface area (Å²) >= 11 is 1.39. The molecule has 0 spiro atoms. The number of carbonyl (C=O) groups is 1. The van der Waals surface area contributed by atoms with Crippen LogP contribution in [0.2, 0.25) is 0 Å². The van der Waals surface area contributed by atoms with Crippen LogP contribution < -0.4 is 24.4 Å². The third-order valence-corrected chi connectivity index (χ3v) is 6.61. The van der Waals surface area contributed by atoms with Crippen molar-refractivity contribution < 1.29 is 19.0 Å². The van der Waals surface area contributed by atoms with E-state index in [4.69, 9.17) is 19.2 Å². The number of hydrogen-bond donors (Lipinski definition) is 1. The summed E-state index contributed by atoms with van der Waals surface area (Å²) < 4.78 is 20.5. The standard InChI is InChI=1S/C27H36N4O4S/c1-5-6-15-31(27-29-25(30-36-27)19-21-8-7-9-22(17-21)33-2)16-13-26(32)28-14-12-20-10-11-23(34-3)24(18-20)35-4/h7-11,17-18H,5-6,12-16,19H2,1-4H3,(H,28,32). The maximum atomic E-state index is 12.5. The Kier molecular flexibility index (Phi) is 10.8. The summed E-state index contributed by atoms with van der Waals surface area (Å²) in [4.78, 5) is 19.5. The number of nitrogens with zero attached hydrogens (tertiary/aromatic N) is 3. The van der Waals surface area contributed by atoms with Gasteiger partial charge in [0.05, 0.1) is 21.3 Å². The molecule has 1 aromatic heterocycles. The van der Waals surface area contributed by atoms with Gasteiger partial charge < -0.3 is 24.4 Å². The number of ether oxygens (including phenoxy) is 3. The monoisotopic (exact) mass is 512 g/mol. The number of amides is 1. The zero-order valence-corrected chi connectivity index (χ0v) is 22.4. The summed E-state index contributed by atoms with van der Waals surface area (Å²) in [6.07, 6.45) is 3.87. The molecule has 0 radical (unpaired) electrons. The lowest BCUT2D eigenvalue weighted by molar-refractivity contribution is -0.120. The second-order valence-corrected chi connectivity index (χ2v) is 9.13. The summed E-state index contributed by atoms with van der Waals surface area (Å²) in [7, 11) is 4.90. The molecule has 0 saturated heterocycles. The van der Waals surface area contributed by atoms with Gasteiger partial charge in [-0.1, -0.05) is 31.5 Å². The van der Waals surface area contributed by atoms with E-state index in [0.29, 0.717) is 37.4 Å². The van der Waals surface area contributed by atoms with E-state index in [0.717, 1.165) is 53.6 Å². The molecule has 0 bridgehead atoms. The predicted octanol–water partition coefficient (Wildman–Crippen LogP) is 4.51. The number of hydrogen-bond acceptors (Lipinski definition) is 8. The van der Waals surface area contributed by atoms with Crippen molar-refractivity contribution in [1.29, 1.82) is 0 Å². The first-order chi connectivity index (χ1) is 17.6. The van der Waals surface area contributed by atoms with Crippen LogP contribution in [0.15, 0.2) is 42.5 Å². The predicted molar refractivity (Wildman–Crippen MR) is 144 cm³/mol. The van der Waals surface area contributed by atoms with Crippen molar-refractivity contribution in [3.05, 3.63) is 59.4 Å². The number of anilines is 1. The summed E-state index contributed by atoms with van der Waals surface area (Å²) in [6.45, 7) is 4.18. The lowest BCUT2D eigenvalue weighted by Crippen LogP contribution is -2.32. The largest absolute Gasteiger partial charge is 0.497 e. The molecule has 0 atom stereocenters. The molecular formula is C27H36N4O4S. The highest BCUT2D eigenvalue weighted by atomic mass is 32.1. The fourth-order valence-corrected chi connectivity index (χ4v) is 4.51. The van der Waals surface area contributed by atoms with Crippen molar-refractivity contribution in [1.82, 2.24) is 14.7 Å². The Morgan fingerprint density at radius 1 is 1.00 bits per heavy atom. The number of rotatable bonds is 15. The summed E-state index contributed by atoms with van der Waals surface area (Å²) in [5.74, 6) is 3.02. The van der Waals surface area contributed by atoms with Crippen LogP contribution in [0.25, 0.3) is 0 Å². The second kappa shape index (κ2) is 14.3. The molecule has 1 amide bonds. The minimum atomic E-state index is 0.0260. The van der Waals surface area contributed by atoms with Crippen LogP contribution in [-0.4, -0.2) is 56.2 Å². The smallest absolute Gasteiger partial charge is 0.221 e. The van der Waals surface area contributed by atoms with Crippen LogP contribution in [-0.2, 0) is 17.6 Å². The third kappa shape index (κ3) is 8.12. The van der Waals surface area contributed by atoms with Gasteiger partial charge >= 0.3 is 0 Å². The number of unbranched alkanes of at least 4 members (excludes halogenated alkanes) is 1. The molecule has 0 unspecified atom stereocenters. The molecule has 1 heterocycles. The van der Waals surface area contributed by atoms with Gasteiger partial charge in [-0.05, 0) is 48.2 Å². The molecular weight excluding hydrogens is 476 g/mol. The van der Waals surface area contributed by atoms with Crippen molar-refractivity contribution in [3.63, 3.8) is 0 Å². The van der Waals surface area contributed by atoms with Crippen molar-refractivity contribution >= 4 is 22.6 Å². The highest BCUT2D eigenvalue weighted by Gasteiger charge is 2.15. The minimum Gasteiger partial charge on any atom is -0.497 e. The topological polar surface area (TPSA) is 85.8 Å². The minimum absolute atomic E-state index is 0.0260. The van der Waals surface area contributed by atoms with Gasteiger partial charge in [-0.3, -0.25) is 4.79 Å². The quantitative estimate of drug-likeness (QED) is 0.321. The molecule has 0 saturated carbocycles. The normalized spacial score (nSPS) is 10.7. The Hall–Kier alpha value is -3.33. The molecule has 3 aromatic rings. The molecule has 3 rings (SSSR count). The van der Waals surface area contributed by atoms with E-state index >= 15 is 0 Å². The first-order valence-corrected chi connectivity index (χ1v) is 13.0. The van der Waals surface area contributed by atoms with Gasteiger partial charge in [0.2, 0.25) is 11.0 Å². The maximum absolute atomic E-state index is 12.5. The van der Waals surface area contributed by atoms with Gasteiger partial charge in [0, 0.05) is 44.0 Å². The Morgan fingerprint density at radius 2 is 1.83 bits per heavy atom. The molecule has 1 N–H and O–H groups in total. The van der Waals surface area contributed by atoms with E-state index in [-0.39, 0.29) is 5.91 Å². The second-order valence-electron chi connectivity index (χ2n) is 8.40. The molecule has 0 fully saturated rings. The molecule has 2 aromatic carbocycles. The maximum Gasteiger partial charge on any atom is 0.221 e. The first kappa shape index (κ1) is 27.3. The Labute approximate surface area is 217 Å². The van der Waals surface area contributed by atoms with E-state index < -0.39 is 0 Å². The third-order valence-electron chi connectivity index (χ3n) is 5.80.